The lowest BCUT2D eigenvalue weighted by Gasteiger charge is -2.46. The Morgan fingerprint density at radius 1 is 1.24 bits per heavy atom. The van der Waals surface area contributed by atoms with Crippen molar-refractivity contribution in [3.05, 3.63) is 23.3 Å². The van der Waals surface area contributed by atoms with Crippen LogP contribution in [0.1, 0.15) is 87.0 Å². The molecular weight excluding hydrogens is 416 g/mol. The molecule has 0 aromatic heterocycles. The van der Waals surface area contributed by atoms with Crippen molar-refractivity contribution in [3.63, 3.8) is 0 Å². The Balaban J connectivity index is 1.88. The highest BCUT2D eigenvalue weighted by atomic mass is 16.6. The van der Waals surface area contributed by atoms with Crippen molar-refractivity contribution in [2.45, 2.75) is 105 Å². The third kappa shape index (κ3) is 5.90. The fourth-order valence-electron chi connectivity index (χ4n) is 5.89. The molecule has 7 unspecified atom stereocenters. The van der Waals surface area contributed by atoms with Gasteiger partial charge in [0.2, 0.25) is 0 Å². The fraction of sp³-hybridized carbons (Fsp3) is 0.786. The quantitative estimate of drug-likeness (QED) is 0.500. The van der Waals surface area contributed by atoms with Gasteiger partial charge in [-0.05, 0) is 68.8 Å². The number of esters is 2. The van der Waals surface area contributed by atoms with Gasteiger partial charge in [0, 0.05) is 12.3 Å². The first-order valence-electron chi connectivity index (χ1n) is 12.9. The van der Waals surface area contributed by atoms with Crippen LogP contribution in [0.25, 0.3) is 0 Å². The van der Waals surface area contributed by atoms with Gasteiger partial charge < -0.3 is 14.6 Å². The first-order chi connectivity index (χ1) is 15.4. The number of fused-ring (bicyclic) bond motifs is 1. The maximum atomic E-state index is 13.0. The van der Waals surface area contributed by atoms with E-state index in [1.165, 1.54) is 11.1 Å². The summed E-state index contributed by atoms with van der Waals surface area (Å²) in [7, 11) is 0. The van der Waals surface area contributed by atoms with Gasteiger partial charge in [-0.3, -0.25) is 9.59 Å². The Labute approximate surface area is 200 Å². The summed E-state index contributed by atoms with van der Waals surface area (Å²) in [5.41, 5.74) is 2.25. The van der Waals surface area contributed by atoms with E-state index in [9.17, 15) is 14.7 Å². The lowest BCUT2D eigenvalue weighted by molar-refractivity contribution is -0.166. The summed E-state index contributed by atoms with van der Waals surface area (Å²) >= 11 is 0. The number of aliphatic hydroxyl groups is 1. The van der Waals surface area contributed by atoms with Crippen molar-refractivity contribution in [2.24, 2.45) is 35.0 Å². The van der Waals surface area contributed by atoms with Crippen LogP contribution in [0.4, 0.5) is 0 Å². The van der Waals surface area contributed by atoms with Gasteiger partial charge in [0.15, 0.2) is 0 Å². The van der Waals surface area contributed by atoms with E-state index in [0.29, 0.717) is 30.1 Å². The molecule has 33 heavy (non-hydrogen) atoms. The molecule has 1 fully saturated rings. The number of carbonyl (C=O) groups is 2. The number of carbonyl (C=O) groups excluding carboxylic acids is 2. The molecule has 5 nitrogen and oxygen atoms in total. The number of aliphatic hydroxyl groups excluding tert-OH is 1. The van der Waals surface area contributed by atoms with E-state index in [1.54, 1.807) is 0 Å². The summed E-state index contributed by atoms with van der Waals surface area (Å²) in [5, 5.41) is 10.0. The lowest BCUT2D eigenvalue weighted by atomic mass is 9.61. The second kappa shape index (κ2) is 10.3. The molecule has 3 rings (SSSR count). The average Bonchev–Trinajstić information content (AvgIpc) is 2.71. The minimum atomic E-state index is -0.609. The van der Waals surface area contributed by atoms with E-state index in [0.717, 1.165) is 25.7 Å². The van der Waals surface area contributed by atoms with Crippen molar-refractivity contribution in [3.8, 4) is 0 Å². The van der Waals surface area contributed by atoms with Gasteiger partial charge in [-0.1, -0.05) is 52.3 Å². The van der Waals surface area contributed by atoms with E-state index in [4.69, 9.17) is 9.47 Å². The smallest absolute Gasteiger partial charge is 0.311 e. The minimum absolute atomic E-state index is 0.0925. The Morgan fingerprint density at radius 2 is 1.94 bits per heavy atom. The van der Waals surface area contributed by atoms with Crippen LogP contribution in [-0.4, -0.2) is 35.4 Å². The summed E-state index contributed by atoms with van der Waals surface area (Å²) in [6.07, 6.45) is 7.52. The number of rotatable bonds is 7. The average molecular weight is 461 g/mol. The first-order valence-corrected chi connectivity index (χ1v) is 12.9. The van der Waals surface area contributed by atoms with Crippen molar-refractivity contribution in [2.75, 3.05) is 0 Å². The topological polar surface area (TPSA) is 72.8 Å². The number of cyclic esters (lactones) is 1. The number of ether oxygens (including phenoxy) is 2. The third-order valence-corrected chi connectivity index (χ3v) is 8.25. The molecule has 2 aliphatic carbocycles. The monoisotopic (exact) mass is 460 g/mol. The van der Waals surface area contributed by atoms with Gasteiger partial charge in [0.25, 0.3) is 0 Å². The predicted octanol–water partition coefficient (Wildman–Crippen LogP) is 5.61. The van der Waals surface area contributed by atoms with Crippen molar-refractivity contribution in [1.29, 1.82) is 0 Å². The zero-order chi connectivity index (χ0) is 24.5. The van der Waals surface area contributed by atoms with Gasteiger partial charge in [0.1, 0.15) is 12.2 Å². The highest BCUT2D eigenvalue weighted by Gasteiger charge is 2.45. The molecule has 1 heterocycles. The first kappa shape index (κ1) is 26.0. The molecule has 186 valence electrons. The van der Waals surface area contributed by atoms with Gasteiger partial charge in [-0.25, -0.2) is 0 Å². The number of hydrogen-bond donors (Lipinski definition) is 1. The van der Waals surface area contributed by atoms with Gasteiger partial charge in [-0.2, -0.15) is 0 Å². The highest BCUT2D eigenvalue weighted by Crippen LogP contribution is 2.49. The molecule has 0 radical (unpaired) electrons. The Bertz CT molecular complexity index is 792. The molecule has 1 N–H and O–H groups in total. The molecule has 1 saturated heterocycles. The van der Waals surface area contributed by atoms with E-state index in [-0.39, 0.29) is 36.5 Å². The second-order valence-electron chi connectivity index (χ2n) is 11.6. The van der Waals surface area contributed by atoms with Crippen LogP contribution in [0.3, 0.4) is 0 Å². The van der Waals surface area contributed by atoms with Crippen molar-refractivity contribution < 1.29 is 24.2 Å². The molecule has 0 aromatic carbocycles. The lowest BCUT2D eigenvalue weighted by Crippen LogP contribution is -2.44. The van der Waals surface area contributed by atoms with Crippen molar-refractivity contribution in [1.82, 2.24) is 0 Å². The summed E-state index contributed by atoms with van der Waals surface area (Å²) in [6.45, 7) is 14.9. The van der Waals surface area contributed by atoms with Crippen LogP contribution in [0, 0.1) is 35.0 Å². The maximum absolute atomic E-state index is 13.0. The van der Waals surface area contributed by atoms with Crippen molar-refractivity contribution >= 4 is 11.9 Å². The third-order valence-electron chi connectivity index (χ3n) is 8.25. The molecular formula is C28H44O5. The summed E-state index contributed by atoms with van der Waals surface area (Å²) in [6, 6.07) is 0. The predicted molar refractivity (Wildman–Crippen MR) is 129 cm³/mol. The normalized spacial score (nSPS) is 34.8. The largest absolute Gasteiger partial charge is 0.462 e. The van der Waals surface area contributed by atoms with Crippen LogP contribution >= 0.6 is 0 Å². The molecule has 1 aliphatic heterocycles. The summed E-state index contributed by atoms with van der Waals surface area (Å²) < 4.78 is 11.8. The highest BCUT2D eigenvalue weighted by molar-refractivity contribution is 5.76. The molecule has 0 amide bonds. The minimum Gasteiger partial charge on any atom is -0.462 e. The van der Waals surface area contributed by atoms with Crippen LogP contribution in [0.5, 0.6) is 0 Å². The Hall–Kier alpha value is -1.62. The summed E-state index contributed by atoms with van der Waals surface area (Å²) in [5.74, 6) is 1.18. The molecule has 0 saturated carbocycles. The molecule has 5 heteroatoms. The molecule has 0 aromatic rings. The zero-order valence-corrected chi connectivity index (χ0v) is 21.6. The standard InChI is InChI=1S/C28H44O5/c1-8-28(6,7)27(31)33-24-12-17(4)11-19-13-23(16(2)3)18(5)22(26(19)24)10-9-21-14-20(29)15-25(30)32-21/h11,13,16-18,20-22,24,26,29H,8-10,12,14-15H2,1-7H3. The van der Waals surface area contributed by atoms with Gasteiger partial charge >= 0.3 is 11.9 Å². The maximum Gasteiger partial charge on any atom is 0.311 e. The molecule has 0 bridgehead atoms. The van der Waals surface area contributed by atoms with E-state index >= 15 is 0 Å². The molecule has 7 atom stereocenters. The van der Waals surface area contributed by atoms with Crippen LogP contribution < -0.4 is 0 Å². The zero-order valence-electron chi connectivity index (χ0n) is 21.6. The Morgan fingerprint density at radius 3 is 2.55 bits per heavy atom. The second-order valence-corrected chi connectivity index (χ2v) is 11.6. The van der Waals surface area contributed by atoms with Gasteiger partial charge in [0.05, 0.1) is 17.9 Å². The molecule has 0 spiro atoms. The summed E-state index contributed by atoms with van der Waals surface area (Å²) in [4.78, 5) is 24.9. The Kier molecular flexibility index (Phi) is 8.14. The van der Waals surface area contributed by atoms with E-state index in [1.807, 2.05) is 20.8 Å². The SMILES string of the molecule is CCC(C)(C)C(=O)OC1CC(C)C=C2C=C(C(C)C)C(C)C(CCC3CC(O)CC(=O)O3)C21. The van der Waals surface area contributed by atoms with Crippen LogP contribution in [-0.2, 0) is 19.1 Å². The van der Waals surface area contributed by atoms with Crippen LogP contribution in [0.15, 0.2) is 23.3 Å². The van der Waals surface area contributed by atoms with E-state index in [2.05, 4.69) is 39.8 Å². The fourth-order valence-corrected chi connectivity index (χ4v) is 5.89. The van der Waals surface area contributed by atoms with Crippen LogP contribution in [0.2, 0.25) is 0 Å². The molecule has 3 aliphatic rings. The van der Waals surface area contributed by atoms with E-state index < -0.39 is 11.5 Å². The number of hydrogen-bond acceptors (Lipinski definition) is 5. The number of allylic oxidation sites excluding steroid dienone is 3. The van der Waals surface area contributed by atoms with Gasteiger partial charge in [-0.15, -0.1) is 0 Å².